The molecule has 110 valence electrons. The van der Waals surface area contributed by atoms with E-state index in [-0.39, 0.29) is 11.7 Å². The highest BCUT2D eigenvalue weighted by molar-refractivity contribution is 7.92. The molecule has 0 fully saturated rings. The Labute approximate surface area is 124 Å². The highest BCUT2D eigenvalue weighted by Crippen LogP contribution is 2.14. The number of carbonyl (C=O) groups excluding carboxylic acids is 1. The van der Waals surface area contributed by atoms with Gasteiger partial charge in [0.1, 0.15) is 0 Å². The molecular formula is C15H16N2O3S. The van der Waals surface area contributed by atoms with Gasteiger partial charge in [0.2, 0.25) is 10.0 Å². The average Bonchev–Trinajstić information content (AvgIpc) is 2.48. The number of hydrogen-bond donors (Lipinski definition) is 2. The van der Waals surface area contributed by atoms with Gasteiger partial charge in [-0.25, -0.2) is 8.42 Å². The standard InChI is InChI=1S/C15H16N2O3S/c1-2-21(19,20)17-14-10-6-7-12(11-14)15(18)16-13-8-4-3-5-9-13/h3-11,17H,2H2,1H3,(H,16,18). The summed E-state index contributed by atoms with van der Waals surface area (Å²) < 4.78 is 25.5. The second-order valence-electron chi connectivity index (χ2n) is 4.41. The molecule has 0 saturated heterocycles. The Bertz CT molecular complexity index is 728. The van der Waals surface area contributed by atoms with Gasteiger partial charge in [0.05, 0.1) is 5.75 Å². The van der Waals surface area contributed by atoms with E-state index in [1.165, 1.54) is 6.07 Å². The number of para-hydroxylation sites is 1. The number of rotatable bonds is 5. The van der Waals surface area contributed by atoms with Crippen LogP contribution in [-0.4, -0.2) is 20.1 Å². The lowest BCUT2D eigenvalue weighted by Crippen LogP contribution is -2.16. The lowest BCUT2D eigenvalue weighted by molar-refractivity contribution is 0.102. The molecule has 2 rings (SSSR count). The van der Waals surface area contributed by atoms with Gasteiger partial charge in [-0.2, -0.15) is 0 Å². The molecule has 0 atom stereocenters. The lowest BCUT2D eigenvalue weighted by Gasteiger charge is -2.08. The van der Waals surface area contributed by atoms with E-state index in [1.54, 1.807) is 37.3 Å². The molecule has 0 bridgehead atoms. The van der Waals surface area contributed by atoms with Gasteiger partial charge in [0, 0.05) is 16.9 Å². The highest BCUT2D eigenvalue weighted by atomic mass is 32.2. The van der Waals surface area contributed by atoms with Gasteiger partial charge in [-0.3, -0.25) is 9.52 Å². The van der Waals surface area contributed by atoms with Crippen molar-refractivity contribution in [3.63, 3.8) is 0 Å². The van der Waals surface area contributed by atoms with Crippen LogP contribution in [-0.2, 0) is 10.0 Å². The maximum Gasteiger partial charge on any atom is 0.255 e. The molecule has 6 heteroatoms. The average molecular weight is 304 g/mol. The van der Waals surface area contributed by atoms with Crippen molar-refractivity contribution in [2.45, 2.75) is 6.92 Å². The van der Waals surface area contributed by atoms with Crippen molar-refractivity contribution in [2.75, 3.05) is 15.8 Å². The number of carbonyl (C=O) groups is 1. The zero-order valence-electron chi connectivity index (χ0n) is 11.5. The van der Waals surface area contributed by atoms with Gasteiger partial charge in [0.15, 0.2) is 0 Å². The van der Waals surface area contributed by atoms with E-state index in [1.807, 2.05) is 18.2 Å². The largest absolute Gasteiger partial charge is 0.322 e. The first-order valence-corrected chi connectivity index (χ1v) is 8.12. The third kappa shape index (κ3) is 4.32. The zero-order chi connectivity index (χ0) is 15.3. The Morgan fingerprint density at radius 3 is 2.33 bits per heavy atom. The highest BCUT2D eigenvalue weighted by Gasteiger charge is 2.10. The fourth-order valence-electron chi connectivity index (χ4n) is 1.70. The van der Waals surface area contributed by atoms with E-state index < -0.39 is 10.0 Å². The van der Waals surface area contributed by atoms with Crippen LogP contribution < -0.4 is 10.0 Å². The van der Waals surface area contributed by atoms with Gasteiger partial charge in [-0.15, -0.1) is 0 Å². The molecule has 0 saturated carbocycles. The number of benzene rings is 2. The molecule has 2 aromatic carbocycles. The number of sulfonamides is 1. The van der Waals surface area contributed by atoms with Crippen molar-refractivity contribution >= 4 is 27.3 Å². The molecule has 0 unspecified atom stereocenters. The Balaban J connectivity index is 2.15. The summed E-state index contributed by atoms with van der Waals surface area (Å²) in [5.74, 6) is -0.313. The molecule has 5 nitrogen and oxygen atoms in total. The summed E-state index contributed by atoms with van der Waals surface area (Å²) >= 11 is 0. The Morgan fingerprint density at radius 1 is 1.00 bits per heavy atom. The number of amides is 1. The monoisotopic (exact) mass is 304 g/mol. The molecule has 0 heterocycles. The number of anilines is 2. The van der Waals surface area contributed by atoms with Gasteiger partial charge in [0.25, 0.3) is 5.91 Å². The van der Waals surface area contributed by atoms with Crippen molar-refractivity contribution in [1.82, 2.24) is 0 Å². The normalized spacial score (nSPS) is 10.9. The van der Waals surface area contributed by atoms with Crippen LogP contribution in [0.4, 0.5) is 11.4 Å². The second-order valence-corrected chi connectivity index (χ2v) is 6.42. The fraction of sp³-hybridized carbons (Fsp3) is 0.133. The molecule has 0 radical (unpaired) electrons. The Hall–Kier alpha value is -2.34. The number of nitrogens with one attached hydrogen (secondary N) is 2. The van der Waals surface area contributed by atoms with Gasteiger partial charge in [-0.1, -0.05) is 24.3 Å². The number of hydrogen-bond acceptors (Lipinski definition) is 3. The van der Waals surface area contributed by atoms with Crippen molar-refractivity contribution < 1.29 is 13.2 Å². The molecule has 0 aliphatic carbocycles. The molecule has 21 heavy (non-hydrogen) atoms. The van der Waals surface area contributed by atoms with Crippen LogP contribution >= 0.6 is 0 Å². The van der Waals surface area contributed by atoms with E-state index in [2.05, 4.69) is 10.0 Å². The van der Waals surface area contributed by atoms with Crippen LogP contribution in [0, 0.1) is 0 Å². The van der Waals surface area contributed by atoms with Crippen LogP contribution in [0.15, 0.2) is 54.6 Å². The third-order valence-electron chi connectivity index (χ3n) is 2.81. The van der Waals surface area contributed by atoms with Crippen molar-refractivity contribution in [3.8, 4) is 0 Å². The van der Waals surface area contributed by atoms with Gasteiger partial charge >= 0.3 is 0 Å². The summed E-state index contributed by atoms with van der Waals surface area (Å²) in [7, 11) is -3.36. The van der Waals surface area contributed by atoms with Crippen molar-refractivity contribution in [2.24, 2.45) is 0 Å². The molecule has 0 aliphatic heterocycles. The first-order chi connectivity index (χ1) is 10.00. The van der Waals surface area contributed by atoms with Crippen molar-refractivity contribution in [3.05, 3.63) is 60.2 Å². The Kier molecular flexibility index (Phi) is 4.59. The van der Waals surface area contributed by atoms with E-state index >= 15 is 0 Å². The van der Waals surface area contributed by atoms with Crippen LogP contribution in [0.25, 0.3) is 0 Å². The molecular weight excluding hydrogens is 288 g/mol. The molecule has 0 aliphatic rings. The van der Waals surface area contributed by atoms with Crippen LogP contribution in [0.1, 0.15) is 17.3 Å². The molecule has 0 spiro atoms. The van der Waals surface area contributed by atoms with Gasteiger partial charge < -0.3 is 5.32 Å². The quantitative estimate of drug-likeness (QED) is 0.891. The van der Waals surface area contributed by atoms with Crippen LogP contribution in [0.2, 0.25) is 0 Å². The SMILES string of the molecule is CCS(=O)(=O)Nc1cccc(C(=O)Nc2ccccc2)c1. The predicted octanol–water partition coefficient (Wildman–Crippen LogP) is 2.70. The summed E-state index contributed by atoms with van der Waals surface area (Å²) in [6, 6.07) is 15.4. The zero-order valence-corrected chi connectivity index (χ0v) is 12.4. The minimum Gasteiger partial charge on any atom is -0.322 e. The fourth-order valence-corrected chi connectivity index (χ4v) is 2.33. The summed E-state index contributed by atoms with van der Waals surface area (Å²) in [5, 5.41) is 2.75. The first kappa shape index (κ1) is 15.1. The van der Waals surface area contributed by atoms with E-state index in [0.29, 0.717) is 16.9 Å². The summed E-state index contributed by atoms with van der Waals surface area (Å²) in [6.45, 7) is 1.55. The minimum absolute atomic E-state index is 0.0204. The molecule has 2 aromatic rings. The summed E-state index contributed by atoms with van der Waals surface area (Å²) in [4.78, 5) is 12.1. The maximum absolute atomic E-state index is 12.1. The summed E-state index contributed by atoms with van der Waals surface area (Å²) in [5.41, 5.74) is 1.44. The van der Waals surface area contributed by atoms with E-state index in [9.17, 15) is 13.2 Å². The van der Waals surface area contributed by atoms with E-state index in [4.69, 9.17) is 0 Å². The van der Waals surface area contributed by atoms with Crippen LogP contribution in [0.5, 0.6) is 0 Å². The predicted molar refractivity (Wildman–Crippen MR) is 83.9 cm³/mol. The molecule has 2 N–H and O–H groups in total. The van der Waals surface area contributed by atoms with Gasteiger partial charge in [-0.05, 0) is 37.3 Å². The van der Waals surface area contributed by atoms with Crippen molar-refractivity contribution in [1.29, 1.82) is 0 Å². The van der Waals surface area contributed by atoms with E-state index in [0.717, 1.165) is 0 Å². The molecule has 0 aromatic heterocycles. The third-order valence-corrected chi connectivity index (χ3v) is 4.12. The molecule has 1 amide bonds. The Morgan fingerprint density at radius 2 is 1.67 bits per heavy atom. The lowest BCUT2D eigenvalue weighted by atomic mass is 10.2. The second kappa shape index (κ2) is 6.41. The maximum atomic E-state index is 12.1. The smallest absolute Gasteiger partial charge is 0.255 e. The topological polar surface area (TPSA) is 75.3 Å². The summed E-state index contributed by atoms with van der Waals surface area (Å²) in [6.07, 6.45) is 0. The van der Waals surface area contributed by atoms with Crippen LogP contribution in [0.3, 0.4) is 0 Å². The minimum atomic E-state index is -3.36. The first-order valence-electron chi connectivity index (χ1n) is 6.47.